The second kappa shape index (κ2) is 7.98. The van der Waals surface area contributed by atoms with Crippen molar-refractivity contribution >= 4 is 46.3 Å². The summed E-state index contributed by atoms with van der Waals surface area (Å²) in [5.74, 6) is 1.40. The van der Waals surface area contributed by atoms with Gasteiger partial charge in [0.2, 0.25) is 0 Å². The fourth-order valence-corrected chi connectivity index (χ4v) is 4.37. The molecule has 0 radical (unpaired) electrons. The third-order valence-corrected chi connectivity index (χ3v) is 6.25. The fraction of sp³-hybridized carbons (Fsp3) is 0.111. The molecule has 3 aromatic heterocycles. The van der Waals surface area contributed by atoms with Crippen LogP contribution in [0.5, 0.6) is 0 Å². The summed E-state index contributed by atoms with van der Waals surface area (Å²) in [7, 11) is 0. The summed E-state index contributed by atoms with van der Waals surface area (Å²) in [6.07, 6.45) is 3.49. The van der Waals surface area contributed by atoms with Crippen LogP contribution in [0.15, 0.2) is 53.3 Å². The molecule has 4 rings (SSSR count). The molecule has 0 aliphatic rings. The number of rotatable bonds is 5. The molecule has 3 heterocycles. The summed E-state index contributed by atoms with van der Waals surface area (Å²) in [4.78, 5) is 8.70. The molecule has 4 aromatic rings. The summed E-state index contributed by atoms with van der Waals surface area (Å²) < 4.78 is 1.96. The average molecular weight is 434 g/mol. The van der Waals surface area contributed by atoms with Crippen LogP contribution in [-0.2, 0) is 5.75 Å². The number of hydrogen-bond donors (Lipinski definition) is 0. The van der Waals surface area contributed by atoms with Gasteiger partial charge < -0.3 is 0 Å². The lowest BCUT2D eigenvalue weighted by Gasteiger charge is -2.11. The van der Waals surface area contributed by atoms with Crippen LogP contribution < -0.4 is 0 Å². The summed E-state index contributed by atoms with van der Waals surface area (Å²) in [6, 6.07) is 9.29. The number of aryl methyl sites for hydroxylation is 1. The lowest BCUT2D eigenvalue weighted by atomic mass is 10.2. The van der Waals surface area contributed by atoms with Crippen LogP contribution in [-0.4, -0.2) is 24.7 Å². The average Bonchev–Trinajstić information content (AvgIpc) is 3.29. The number of nitrogens with zero attached hydrogens (tertiary/aromatic N) is 5. The zero-order chi connectivity index (χ0) is 18.8. The van der Waals surface area contributed by atoms with E-state index >= 15 is 0 Å². The number of thiazole rings is 1. The van der Waals surface area contributed by atoms with E-state index in [2.05, 4.69) is 25.5 Å². The minimum absolute atomic E-state index is 0.478. The van der Waals surface area contributed by atoms with Crippen LogP contribution in [0.25, 0.3) is 17.1 Å². The maximum Gasteiger partial charge on any atom is 0.196 e. The first-order valence-corrected chi connectivity index (χ1v) is 10.6. The summed E-state index contributed by atoms with van der Waals surface area (Å²) in [5, 5.41) is 13.6. The van der Waals surface area contributed by atoms with Gasteiger partial charge in [0.25, 0.3) is 0 Å². The van der Waals surface area contributed by atoms with Crippen molar-refractivity contribution in [3.63, 3.8) is 0 Å². The predicted molar refractivity (Wildman–Crippen MR) is 111 cm³/mol. The Hall–Kier alpha value is -1.93. The van der Waals surface area contributed by atoms with Crippen molar-refractivity contribution in [2.24, 2.45) is 0 Å². The molecule has 9 heteroatoms. The van der Waals surface area contributed by atoms with E-state index in [0.717, 1.165) is 27.1 Å². The predicted octanol–water partition coefficient (Wildman–Crippen LogP) is 5.69. The topological polar surface area (TPSA) is 56.5 Å². The van der Waals surface area contributed by atoms with E-state index in [1.165, 1.54) is 0 Å². The standard InChI is InChI=1S/C18H13Cl2N5S2/c1-11-22-13(9-26-11)10-27-18-24-23-17(12-3-2-6-21-8-12)25(18)14-4-5-15(19)16(20)7-14/h2-9H,10H2,1H3. The van der Waals surface area contributed by atoms with Crippen molar-refractivity contribution in [3.8, 4) is 17.1 Å². The van der Waals surface area contributed by atoms with Gasteiger partial charge in [-0.1, -0.05) is 35.0 Å². The highest BCUT2D eigenvalue weighted by Gasteiger charge is 2.17. The Morgan fingerprint density at radius 3 is 2.74 bits per heavy atom. The van der Waals surface area contributed by atoms with Gasteiger partial charge in [0.15, 0.2) is 11.0 Å². The molecule has 0 saturated carbocycles. The van der Waals surface area contributed by atoms with Gasteiger partial charge in [-0.25, -0.2) is 4.98 Å². The molecule has 136 valence electrons. The SMILES string of the molecule is Cc1nc(CSc2nnc(-c3cccnc3)n2-c2ccc(Cl)c(Cl)c2)cs1. The highest BCUT2D eigenvalue weighted by Crippen LogP contribution is 2.32. The van der Waals surface area contributed by atoms with Gasteiger partial charge >= 0.3 is 0 Å². The molecule has 0 saturated heterocycles. The Labute approximate surface area is 174 Å². The molecule has 27 heavy (non-hydrogen) atoms. The molecule has 0 spiro atoms. The van der Waals surface area contributed by atoms with Gasteiger partial charge in [0.1, 0.15) is 0 Å². The number of halogens is 2. The van der Waals surface area contributed by atoms with Crippen molar-refractivity contribution in [2.45, 2.75) is 17.8 Å². The van der Waals surface area contributed by atoms with Crippen molar-refractivity contribution in [1.82, 2.24) is 24.7 Å². The number of aromatic nitrogens is 5. The first-order valence-electron chi connectivity index (χ1n) is 7.97. The van der Waals surface area contributed by atoms with Crippen LogP contribution in [0.2, 0.25) is 10.0 Å². The molecule has 0 unspecified atom stereocenters. The Morgan fingerprint density at radius 1 is 1.15 bits per heavy atom. The van der Waals surface area contributed by atoms with E-state index in [-0.39, 0.29) is 0 Å². The second-order valence-electron chi connectivity index (χ2n) is 5.63. The first kappa shape index (κ1) is 18.4. The second-order valence-corrected chi connectivity index (χ2v) is 8.45. The monoisotopic (exact) mass is 433 g/mol. The van der Waals surface area contributed by atoms with E-state index in [4.69, 9.17) is 23.2 Å². The van der Waals surface area contributed by atoms with E-state index in [1.54, 1.807) is 41.6 Å². The highest BCUT2D eigenvalue weighted by molar-refractivity contribution is 7.98. The van der Waals surface area contributed by atoms with Gasteiger partial charge in [0.05, 0.1) is 26.4 Å². The van der Waals surface area contributed by atoms with E-state index in [0.29, 0.717) is 21.6 Å². The molecule has 0 N–H and O–H groups in total. The quantitative estimate of drug-likeness (QED) is 0.378. The lowest BCUT2D eigenvalue weighted by Crippen LogP contribution is -2.00. The fourth-order valence-electron chi connectivity index (χ4n) is 2.52. The summed E-state index contributed by atoms with van der Waals surface area (Å²) >= 11 is 15.5. The minimum atomic E-state index is 0.478. The largest absolute Gasteiger partial charge is 0.270 e. The molecule has 0 aliphatic carbocycles. The van der Waals surface area contributed by atoms with Crippen molar-refractivity contribution < 1.29 is 0 Å². The first-order chi connectivity index (χ1) is 13.1. The molecule has 0 amide bonds. The Kier molecular flexibility index (Phi) is 5.45. The van der Waals surface area contributed by atoms with Crippen molar-refractivity contribution in [1.29, 1.82) is 0 Å². The molecule has 5 nitrogen and oxygen atoms in total. The van der Waals surface area contributed by atoms with Gasteiger partial charge in [-0.05, 0) is 37.3 Å². The number of hydrogen-bond acceptors (Lipinski definition) is 6. The van der Waals surface area contributed by atoms with Crippen molar-refractivity contribution in [3.05, 3.63) is 68.9 Å². The lowest BCUT2D eigenvalue weighted by molar-refractivity contribution is 0.885. The normalized spacial score (nSPS) is 11.1. The van der Waals surface area contributed by atoms with Gasteiger partial charge in [0, 0.05) is 29.1 Å². The van der Waals surface area contributed by atoms with E-state index < -0.39 is 0 Å². The third-order valence-electron chi connectivity index (χ3n) is 3.73. The smallest absolute Gasteiger partial charge is 0.196 e. The summed E-state index contributed by atoms with van der Waals surface area (Å²) in [6.45, 7) is 2.00. The number of pyridine rings is 1. The minimum Gasteiger partial charge on any atom is -0.270 e. The third kappa shape index (κ3) is 4.01. The zero-order valence-corrected chi connectivity index (χ0v) is 17.3. The Balaban J connectivity index is 1.76. The van der Waals surface area contributed by atoms with E-state index in [9.17, 15) is 0 Å². The zero-order valence-electron chi connectivity index (χ0n) is 14.1. The van der Waals surface area contributed by atoms with E-state index in [1.807, 2.05) is 35.8 Å². The Bertz CT molecular complexity index is 1080. The summed E-state index contributed by atoms with van der Waals surface area (Å²) in [5.41, 5.74) is 2.73. The van der Waals surface area contributed by atoms with Crippen LogP contribution in [0.1, 0.15) is 10.7 Å². The molecule has 0 aliphatic heterocycles. The van der Waals surface area contributed by atoms with Crippen LogP contribution in [0.3, 0.4) is 0 Å². The highest BCUT2D eigenvalue weighted by atomic mass is 35.5. The maximum atomic E-state index is 6.24. The molecular formula is C18H13Cl2N5S2. The maximum absolute atomic E-state index is 6.24. The Morgan fingerprint density at radius 2 is 2.04 bits per heavy atom. The molecule has 0 bridgehead atoms. The molecule has 0 atom stereocenters. The van der Waals surface area contributed by atoms with Crippen LogP contribution in [0, 0.1) is 6.92 Å². The molecule has 0 fully saturated rings. The molecular weight excluding hydrogens is 421 g/mol. The van der Waals surface area contributed by atoms with Gasteiger partial charge in [-0.3, -0.25) is 9.55 Å². The van der Waals surface area contributed by atoms with Crippen molar-refractivity contribution in [2.75, 3.05) is 0 Å². The van der Waals surface area contributed by atoms with Crippen LogP contribution in [0.4, 0.5) is 0 Å². The van der Waals surface area contributed by atoms with Gasteiger partial charge in [-0.15, -0.1) is 21.5 Å². The number of benzene rings is 1. The number of thioether (sulfide) groups is 1. The molecule has 1 aromatic carbocycles. The van der Waals surface area contributed by atoms with Crippen LogP contribution >= 0.6 is 46.3 Å². The van der Waals surface area contributed by atoms with Gasteiger partial charge in [-0.2, -0.15) is 0 Å².